The number of benzene rings is 1. The van der Waals surface area contributed by atoms with Crippen molar-refractivity contribution in [3.8, 4) is 0 Å². The molecule has 0 bridgehead atoms. The number of aryl methyl sites for hydroxylation is 1. The Morgan fingerprint density at radius 2 is 1.97 bits per heavy atom. The molecule has 1 unspecified atom stereocenters. The van der Waals surface area contributed by atoms with Crippen molar-refractivity contribution in [1.82, 2.24) is 9.21 Å². The van der Waals surface area contributed by atoms with Crippen molar-refractivity contribution >= 4 is 31.5 Å². The first kappa shape index (κ1) is 22.7. The lowest BCUT2D eigenvalue weighted by atomic mass is 10.0. The molecular formula is C20H29N3O6S2. The second-order valence-corrected chi connectivity index (χ2v) is 12.5. The van der Waals surface area contributed by atoms with Crippen LogP contribution in [0.3, 0.4) is 0 Å². The number of hydrogen-bond donors (Lipinski definition) is 1. The summed E-state index contributed by atoms with van der Waals surface area (Å²) >= 11 is 0. The van der Waals surface area contributed by atoms with Crippen LogP contribution in [0.1, 0.15) is 24.8 Å². The molecule has 2 saturated heterocycles. The van der Waals surface area contributed by atoms with Gasteiger partial charge in [-0.3, -0.25) is 9.69 Å². The minimum atomic E-state index is -3.87. The van der Waals surface area contributed by atoms with E-state index in [2.05, 4.69) is 10.2 Å². The summed E-state index contributed by atoms with van der Waals surface area (Å²) in [6, 6.07) is 4.19. The molecule has 31 heavy (non-hydrogen) atoms. The van der Waals surface area contributed by atoms with E-state index in [9.17, 15) is 21.6 Å². The minimum absolute atomic E-state index is 0.0172. The molecule has 3 heterocycles. The van der Waals surface area contributed by atoms with E-state index in [0.29, 0.717) is 44.6 Å². The van der Waals surface area contributed by atoms with Gasteiger partial charge in [0, 0.05) is 37.8 Å². The lowest BCUT2D eigenvalue weighted by Gasteiger charge is -2.30. The molecule has 0 saturated carbocycles. The first-order valence-electron chi connectivity index (χ1n) is 10.7. The number of carbonyl (C=O) groups is 1. The van der Waals surface area contributed by atoms with Crippen LogP contribution < -0.4 is 5.32 Å². The Morgan fingerprint density at radius 3 is 2.68 bits per heavy atom. The standard InChI is InChI=1S/C20H29N3O6S2/c24-20-5-2-16-14-18(3-4-19(16)21-20)31(27,28)23(17-6-13-30(25,26)15-17)8-1-7-22-9-11-29-12-10-22/h3-4,14,17H,1-2,5-13,15H2,(H,21,24). The van der Waals surface area contributed by atoms with Crippen molar-refractivity contribution in [2.45, 2.75) is 36.6 Å². The van der Waals surface area contributed by atoms with Gasteiger partial charge in [0.25, 0.3) is 0 Å². The summed E-state index contributed by atoms with van der Waals surface area (Å²) in [7, 11) is -7.10. The molecule has 0 aliphatic carbocycles. The topological polar surface area (TPSA) is 113 Å². The highest BCUT2D eigenvalue weighted by atomic mass is 32.2. The number of hydrogen-bond acceptors (Lipinski definition) is 7. The van der Waals surface area contributed by atoms with Gasteiger partial charge in [-0.05, 0) is 49.6 Å². The Kier molecular flexibility index (Phi) is 6.68. The number of sulfonamides is 1. The highest BCUT2D eigenvalue weighted by Gasteiger charge is 2.39. The predicted molar refractivity (Wildman–Crippen MR) is 116 cm³/mol. The van der Waals surface area contributed by atoms with E-state index in [1.165, 1.54) is 10.4 Å². The molecule has 3 aliphatic heterocycles. The monoisotopic (exact) mass is 471 g/mol. The average Bonchev–Trinajstić information content (AvgIpc) is 3.10. The molecule has 1 atom stereocenters. The number of nitrogens with zero attached hydrogens (tertiary/aromatic N) is 2. The van der Waals surface area contributed by atoms with Crippen LogP contribution in [-0.4, -0.2) is 88.9 Å². The molecule has 0 aromatic heterocycles. The Morgan fingerprint density at radius 1 is 1.19 bits per heavy atom. The highest BCUT2D eigenvalue weighted by molar-refractivity contribution is 7.92. The molecule has 1 aromatic rings. The largest absolute Gasteiger partial charge is 0.379 e. The minimum Gasteiger partial charge on any atom is -0.379 e. The summed E-state index contributed by atoms with van der Waals surface area (Å²) < 4.78 is 58.0. The zero-order valence-electron chi connectivity index (χ0n) is 17.5. The fourth-order valence-electron chi connectivity index (χ4n) is 4.43. The molecule has 172 valence electrons. The van der Waals surface area contributed by atoms with Crippen LogP contribution in [0.4, 0.5) is 5.69 Å². The molecule has 1 amide bonds. The summed E-state index contributed by atoms with van der Waals surface area (Å²) in [5.74, 6) is -0.197. The van der Waals surface area contributed by atoms with E-state index in [-0.39, 0.29) is 28.9 Å². The molecule has 3 aliphatic rings. The first-order chi connectivity index (χ1) is 14.7. The van der Waals surface area contributed by atoms with Crippen molar-refractivity contribution in [2.24, 2.45) is 0 Å². The number of amides is 1. The number of carbonyl (C=O) groups excluding carboxylic acids is 1. The van der Waals surface area contributed by atoms with Gasteiger partial charge in [-0.15, -0.1) is 0 Å². The Labute approximate surface area is 183 Å². The molecule has 9 nitrogen and oxygen atoms in total. The van der Waals surface area contributed by atoms with E-state index in [4.69, 9.17) is 4.74 Å². The van der Waals surface area contributed by atoms with Crippen molar-refractivity contribution < 1.29 is 26.4 Å². The van der Waals surface area contributed by atoms with Crippen molar-refractivity contribution in [3.63, 3.8) is 0 Å². The van der Waals surface area contributed by atoms with Crippen molar-refractivity contribution in [3.05, 3.63) is 23.8 Å². The molecule has 4 rings (SSSR count). The summed E-state index contributed by atoms with van der Waals surface area (Å²) in [6.07, 6.45) is 1.75. The number of ether oxygens (including phenoxy) is 1. The van der Waals surface area contributed by atoms with E-state index in [1.54, 1.807) is 12.1 Å². The van der Waals surface area contributed by atoms with Crippen LogP contribution in [0.15, 0.2) is 23.1 Å². The van der Waals surface area contributed by atoms with Gasteiger partial charge < -0.3 is 10.1 Å². The summed E-state index contributed by atoms with van der Waals surface area (Å²) in [6.45, 7) is 4.00. The van der Waals surface area contributed by atoms with Crippen LogP contribution in [0.2, 0.25) is 0 Å². The lowest BCUT2D eigenvalue weighted by molar-refractivity contribution is -0.116. The van der Waals surface area contributed by atoms with Gasteiger partial charge in [-0.25, -0.2) is 16.8 Å². The Balaban J connectivity index is 1.55. The van der Waals surface area contributed by atoms with Crippen LogP contribution in [0.5, 0.6) is 0 Å². The number of nitrogens with one attached hydrogen (secondary N) is 1. The smallest absolute Gasteiger partial charge is 0.243 e. The molecule has 2 fully saturated rings. The van der Waals surface area contributed by atoms with Gasteiger partial charge in [0.15, 0.2) is 9.84 Å². The van der Waals surface area contributed by atoms with Crippen LogP contribution in [-0.2, 0) is 35.8 Å². The van der Waals surface area contributed by atoms with Crippen LogP contribution in [0, 0.1) is 0 Å². The third-order valence-corrected chi connectivity index (χ3v) is 9.85. The van der Waals surface area contributed by atoms with Gasteiger partial charge in [-0.2, -0.15) is 4.31 Å². The number of anilines is 1. The third kappa shape index (κ3) is 5.28. The zero-order valence-corrected chi connectivity index (χ0v) is 19.1. The number of sulfone groups is 1. The second kappa shape index (κ2) is 9.14. The van der Waals surface area contributed by atoms with Gasteiger partial charge in [-0.1, -0.05) is 0 Å². The predicted octanol–water partition coefficient (Wildman–Crippen LogP) is 0.471. The summed E-state index contributed by atoms with van der Waals surface area (Å²) in [4.78, 5) is 14.0. The van der Waals surface area contributed by atoms with Crippen molar-refractivity contribution in [2.75, 3.05) is 56.2 Å². The maximum atomic E-state index is 13.6. The SMILES string of the molecule is O=C1CCc2cc(S(=O)(=O)N(CCCN3CCOCC3)C3CCS(=O)(=O)C3)ccc2N1. The first-order valence-corrected chi connectivity index (χ1v) is 14.0. The Hall–Kier alpha value is -1.53. The molecule has 0 radical (unpaired) electrons. The molecular weight excluding hydrogens is 442 g/mol. The fourth-order valence-corrected chi connectivity index (χ4v) is 8.00. The van der Waals surface area contributed by atoms with E-state index in [1.807, 2.05) is 0 Å². The third-order valence-electron chi connectivity index (χ3n) is 6.15. The highest BCUT2D eigenvalue weighted by Crippen LogP contribution is 2.30. The molecule has 11 heteroatoms. The average molecular weight is 472 g/mol. The van der Waals surface area contributed by atoms with Crippen LogP contribution >= 0.6 is 0 Å². The van der Waals surface area contributed by atoms with Gasteiger partial charge in [0.05, 0.1) is 29.6 Å². The maximum Gasteiger partial charge on any atom is 0.243 e. The number of fused-ring (bicyclic) bond motifs is 1. The molecule has 1 aromatic carbocycles. The summed E-state index contributed by atoms with van der Waals surface area (Å²) in [5, 5.41) is 2.76. The van der Waals surface area contributed by atoms with Gasteiger partial charge >= 0.3 is 0 Å². The van der Waals surface area contributed by atoms with E-state index in [0.717, 1.165) is 25.2 Å². The van der Waals surface area contributed by atoms with E-state index >= 15 is 0 Å². The van der Waals surface area contributed by atoms with Gasteiger partial charge in [0.1, 0.15) is 0 Å². The quantitative estimate of drug-likeness (QED) is 0.615. The number of rotatable bonds is 7. The van der Waals surface area contributed by atoms with Gasteiger partial charge in [0.2, 0.25) is 15.9 Å². The van der Waals surface area contributed by atoms with Crippen LogP contribution in [0.25, 0.3) is 0 Å². The normalized spacial score (nSPS) is 24.2. The second-order valence-electron chi connectivity index (χ2n) is 8.35. The zero-order chi connectivity index (χ0) is 22.1. The molecule has 0 spiro atoms. The lowest BCUT2D eigenvalue weighted by Crippen LogP contribution is -2.43. The van der Waals surface area contributed by atoms with E-state index < -0.39 is 25.9 Å². The molecule has 1 N–H and O–H groups in total. The fraction of sp³-hybridized carbons (Fsp3) is 0.650. The number of morpholine rings is 1. The summed E-state index contributed by atoms with van der Waals surface area (Å²) in [5.41, 5.74) is 1.42. The maximum absolute atomic E-state index is 13.6. The van der Waals surface area contributed by atoms with Crippen molar-refractivity contribution in [1.29, 1.82) is 0 Å². The Bertz CT molecular complexity index is 1030.